The molecule has 3 nitrogen and oxygen atoms in total. The predicted octanol–water partition coefficient (Wildman–Crippen LogP) is 2.67. The van der Waals surface area contributed by atoms with Crippen LogP contribution in [-0.4, -0.2) is 23.2 Å². The van der Waals surface area contributed by atoms with Crippen LogP contribution in [0.3, 0.4) is 0 Å². The van der Waals surface area contributed by atoms with Crippen molar-refractivity contribution in [1.82, 2.24) is 5.32 Å². The lowest BCUT2D eigenvalue weighted by molar-refractivity contribution is -0.137. The molecule has 0 aromatic heterocycles. The second-order valence-corrected chi connectivity index (χ2v) is 5.55. The van der Waals surface area contributed by atoms with Gasteiger partial charge in [0.25, 0.3) is 0 Å². The van der Waals surface area contributed by atoms with Gasteiger partial charge in [-0.25, -0.2) is 0 Å². The summed E-state index contributed by atoms with van der Waals surface area (Å²) in [7, 11) is 0. The topological polar surface area (TPSA) is 49.3 Å². The average molecular weight is 301 g/mol. The van der Waals surface area contributed by atoms with E-state index in [9.17, 15) is 23.1 Å². The van der Waals surface area contributed by atoms with Crippen molar-refractivity contribution in [2.45, 2.75) is 43.9 Å². The van der Waals surface area contributed by atoms with Crippen LogP contribution < -0.4 is 5.32 Å². The van der Waals surface area contributed by atoms with Gasteiger partial charge in [-0.05, 0) is 43.4 Å². The molecule has 0 radical (unpaired) electrons. The summed E-state index contributed by atoms with van der Waals surface area (Å²) in [6.07, 6.45) is -1.39. The van der Waals surface area contributed by atoms with Crippen molar-refractivity contribution in [2.75, 3.05) is 6.54 Å². The second kappa shape index (κ2) is 6.05. The smallest absolute Gasteiger partial charge is 0.388 e. The van der Waals surface area contributed by atoms with E-state index in [0.29, 0.717) is 24.8 Å². The Balaban J connectivity index is 1.76. The van der Waals surface area contributed by atoms with Crippen LogP contribution in [0, 0.1) is 0 Å². The molecular weight excluding hydrogens is 283 g/mol. The number of aryl methyl sites for hydroxylation is 1. The third-order valence-electron chi connectivity index (χ3n) is 3.82. The first-order valence-corrected chi connectivity index (χ1v) is 6.94. The minimum atomic E-state index is -4.34. The van der Waals surface area contributed by atoms with Crippen LogP contribution in [0.1, 0.15) is 36.8 Å². The lowest BCUT2D eigenvalue weighted by Gasteiger charge is -2.36. The van der Waals surface area contributed by atoms with Crippen molar-refractivity contribution in [1.29, 1.82) is 0 Å². The summed E-state index contributed by atoms with van der Waals surface area (Å²) >= 11 is 0. The SMILES string of the molecule is O=C(CCc1ccc(C(F)(F)F)cc1)NCC1(O)CCC1. The van der Waals surface area contributed by atoms with Crippen LogP contribution in [0.4, 0.5) is 13.2 Å². The number of hydrogen-bond donors (Lipinski definition) is 2. The van der Waals surface area contributed by atoms with Gasteiger partial charge in [0.15, 0.2) is 0 Å². The molecule has 1 amide bonds. The first-order chi connectivity index (χ1) is 9.78. The monoisotopic (exact) mass is 301 g/mol. The third-order valence-corrected chi connectivity index (χ3v) is 3.82. The first-order valence-electron chi connectivity index (χ1n) is 6.94. The highest BCUT2D eigenvalue weighted by atomic mass is 19.4. The van der Waals surface area contributed by atoms with E-state index in [-0.39, 0.29) is 18.9 Å². The molecule has 1 aliphatic rings. The molecule has 0 bridgehead atoms. The molecule has 1 aromatic rings. The Morgan fingerprint density at radius 1 is 1.24 bits per heavy atom. The van der Waals surface area contributed by atoms with Crippen molar-refractivity contribution in [3.63, 3.8) is 0 Å². The molecule has 1 fully saturated rings. The Labute approximate surface area is 121 Å². The van der Waals surface area contributed by atoms with Crippen molar-refractivity contribution >= 4 is 5.91 Å². The Morgan fingerprint density at radius 2 is 1.86 bits per heavy atom. The van der Waals surface area contributed by atoms with Crippen LogP contribution >= 0.6 is 0 Å². The van der Waals surface area contributed by atoms with Gasteiger partial charge in [-0.2, -0.15) is 13.2 Å². The molecule has 1 aliphatic carbocycles. The molecular formula is C15H18F3NO2. The molecule has 2 N–H and O–H groups in total. The molecule has 0 spiro atoms. The van der Waals surface area contributed by atoms with Crippen LogP contribution in [0.25, 0.3) is 0 Å². The summed E-state index contributed by atoms with van der Waals surface area (Å²) in [6, 6.07) is 4.81. The van der Waals surface area contributed by atoms with Crippen molar-refractivity contribution < 1.29 is 23.1 Å². The number of rotatable bonds is 5. The molecule has 0 aliphatic heterocycles. The highest BCUT2D eigenvalue weighted by molar-refractivity contribution is 5.76. The van der Waals surface area contributed by atoms with Gasteiger partial charge in [0.2, 0.25) is 5.91 Å². The average Bonchev–Trinajstić information content (AvgIpc) is 2.40. The summed E-state index contributed by atoms with van der Waals surface area (Å²) in [5, 5.41) is 12.5. The van der Waals surface area contributed by atoms with Gasteiger partial charge in [-0.15, -0.1) is 0 Å². The third kappa shape index (κ3) is 4.46. The molecule has 116 valence electrons. The van der Waals surface area contributed by atoms with Crippen molar-refractivity contribution in [2.24, 2.45) is 0 Å². The minimum absolute atomic E-state index is 0.196. The number of hydrogen-bond acceptors (Lipinski definition) is 2. The maximum absolute atomic E-state index is 12.4. The fourth-order valence-electron chi connectivity index (χ4n) is 2.23. The fourth-order valence-corrected chi connectivity index (χ4v) is 2.23. The minimum Gasteiger partial charge on any atom is -0.388 e. The van der Waals surface area contributed by atoms with E-state index < -0.39 is 17.3 Å². The van der Waals surface area contributed by atoms with Gasteiger partial charge in [-0.1, -0.05) is 12.1 Å². The van der Waals surface area contributed by atoms with Crippen LogP contribution in [-0.2, 0) is 17.4 Å². The highest BCUT2D eigenvalue weighted by Gasteiger charge is 2.34. The molecule has 1 saturated carbocycles. The van der Waals surface area contributed by atoms with Gasteiger partial charge in [-0.3, -0.25) is 4.79 Å². The Morgan fingerprint density at radius 3 is 2.33 bits per heavy atom. The predicted molar refractivity (Wildman–Crippen MR) is 71.6 cm³/mol. The maximum atomic E-state index is 12.4. The lowest BCUT2D eigenvalue weighted by Crippen LogP contribution is -2.47. The Hall–Kier alpha value is -1.56. The van der Waals surface area contributed by atoms with Gasteiger partial charge in [0.1, 0.15) is 0 Å². The van der Waals surface area contributed by atoms with Crippen molar-refractivity contribution in [3.05, 3.63) is 35.4 Å². The number of halogens is 3. The quantitative estimate of drug-likeness (QED) is 0.878. The van der Waals surface area contributed by atoms with E-state index in [0.717, 1.165) is 18.6 Å². The zero-order valence-electron chi connectivity index (χ0n) is 11.5. The number of nitrogens with one attached hydrogen (secondary N) is 1. The zero-order valence-corrected chi connectivity index (χ0v) is 11.5. The summed E-state index contributed by atoms with van der Waals surface area (Å²) in [4.78, 5) is 11.6. The second-order valence-electron chi connectivity index (χ2n) is 5.55. The van der Waals surface area contributed by atoms with E-state index in [2.05, 4.69) is 5.32 Å². The van der Waals surface area contributed by atoms with Crippen LogP contribution in [0.15, 0.2) is 24.3 Å². The normalized spacial score (nSPS) is 17.1. The van der Waals surface area contributed by atoms with E-state index in [4.69, 9.17) is 0 Å². The zero-order chi connectivity index (χ0) is 15.5. The molecule has 0 heterocycles. The number of amides is 1. The number of carbonyl (C=O) groups is 1. The van der Waals surface area contributed by atoms with Gasteiger partial charge in [0.05, 0.1) is 11.2 Å². The summed E-state index contributed by atoms with van der Waals surface area (Å²) in [5.74, 6) is -0.199. The molecule has 1 aromatic carbocycles. The van der Waals surface area contributed by atoms with Gasteiger partial charge < -0.3 is 10.4 Å². The number of carbonyl (C=O) groups excluding carboxylic acids is 1. The molecule has 0 saturated heterocycles. The number of aliphatic hydroxyl groups is 1. The van der Waals surface area contributed by atoms with Crippen molar-refractivity contribution in [3.8, 4) is 0 Å². The van der Waals surface area contributed by atoms with Gasteiger partial charge >= 0.3 is 6.18 Å². The van der Waals surface area contributed by atoms with Crippen LogP contribution in [0.5, 0.6) is 0 Å². The van der Waals surface area contributed by atoms with E-state index in [1.165, 1.54) is 12.1 Å². The lowest BCUT2D eigenvalue weighted by atomic mass is 9.80. The maximum Gasteiger partial charge on any atom is 0.416 e. The van der Waals surface area contributed by atoms with E-state index >= 15 is 0 Å². The summed E-state index contributed by atoms with van der Waals surface area (Å²) < 4.78 is 37.2. The highest BCUT2D eigenvalue weighted by Crippen LogP contribution is 2.31. The fraction of sp³-hybridized carbons (Fsp3) is 0.533. The number of alkyl halides is 3. The molecule has 6 heteroatoms. The standard InChI is InChI=1S/C15H18F3NO2/c16-15(17,18)12-5-2-11(3-6-12)4-7-13(20)19-10-14(21)8-1-9-14/h2-3,5-6,21H,1,4,7-10H2,(H,19,20). The molecule has 21 heavy (non-hydrogen) atoms. The molecule has 0 unspecified atom stereocenters. The molecule has 2 rings (SSSR count). The summed E-state index contributed by atoms with van der Waals surface area (Å²) in [6.45, 7) is 0.249. The van der Waals surface area contributed by atoms with E-state index in [1.54, 1.807) is 0 Å². The Kier molecular flexibility index (Phi) is 4.56. The van der Waals surface area contributed by atoms with E-state index in [1.807, 2.05) is 0 Å². The number of benzene rings is 1. The Bertz CT molecular complexity index is 493. The molecule has 0 atom stereocenters. The first kappa shape index (κ1) is 15.8. The van der Waals surface area contributed by atoms with Crippen LogP contribution in [0.2, 0.25) is 0 Å². The largest absolute Gasteiger partial charge is 0.416 e. The van der Waals surface area contributed by atoms with Gasteiger partial charge in [0, 0.05) is 13.0 Å². The summed E-state index contributed by atoms with van der Waals surface area (Å²) in [5.41, 5.74) is -0.771.